The van der Waals surface area contributed by atoms with Crippen molar-refractivity contribution in [1.29, 1.82) is 0 Å². The van der Waals surface area contributed by atoms with Crippen molar-refractivity contribution >= 4 is 22.7 Å². The molecule has 13 heteroatoms. The molecule has 3 heterocycles. The maximum Gasteiger partial charge on any atom is 0.337 e. The van der Waals surface area contributed by atoms with Gasteiger partial charge < -0.3 is 20.7 Å². The fourth-order valence-corrected chi connectivity index (χ4v) is 5.05. The van der Waals surface area contributed by atoms with E-state index in [4.69, 9.17) is 10.5 Å². The Morgan fingerprint density at radius 3 is 2.74 bits per heavy atom. The summed E-state index contributed by atoms with van der Waals surface area (Å²) in [7, 11) is 1.79. The van der Waals surface area contributed by atoms with Gasteiger partial charge in [-0.15, -0.1) is 0 Å². The number of ether oxygens (including phenoxy) is 1. The van der Waals surface area contributed by atoms with E-state index in [0.29, 0.717) is 29.1 Å². The first-order valence-electron chi connectivity index (χ1n) is 13.6. The molecule has 1 atom stereocenters. The number of aliphatic hydroxyl groups is 2. The molecular weight excluding hydrogens is 557 g/mol. The number of carbonyl (C=O) groups excluding carboxylic acids is 1. The zero-order valence-corrected chi connectivity index (χ0v) is 23.1. The van der Waals surface area contributed by atoms with Crippen LogP contribution in [0.15, 0.2) is 59.8 Å². The van der Waals surface area contributed by atoms with Gasteiger partial charge >= 0.3 is 5.97 Å². The maximum absolute atomic E-state index is 15.3. The Hall–Kier alpha value is -5.01. The van der Waals surface area contributed by atoms with Gasteiger partial charge in [0.15, 0.2) is 11.9 Å². The number of pyridine rings is 1. The van der Waals surface area contributed by atoms with E-state index in [9.17, 15) is 19.8 Å². The summed E-state index contributed by atoms with van der Waals surface area (Å²) in [4.78, 5) is 39.2. The molecule has 0 spiro atoms. The molecule has 1 aliphatic rings. The lowest BCUT2D eigenvalue weighted by Gasteiger charge is -2.18. The Kier molecular flexibility index (Phi) is 7.42. The van der Waals surface area contributed by atoms with Crippen LogP contribution in [0, 0.1) is 5.82 Å². The molecule has 0 radical (unpaired) electrons. The average molecular weight is 586 g/mol. The van der Waals surface area contributed by atoms with E-state index in [1.165, 1.54) is 16.8 Å². The third kappa shape index (κ3) is 5.72. The summed E-state index contributed by atoms with van der Waals surface area (Å²) in [6.45, 7) is -1.26. The summed E-state index contributed by atoms with van der Waals surface area (Å²) in [5.74, 6) is -0.916. The number of aliphatic hydroxyl groups excluding tert-OH is 2. The Balaban J connectivity index is 1.48. The van der Waals surface area contributed by atoms with E-state index in [2.05, 4.69) is 20.1 Å². The van der Waals surface area contributed by atoms with Crippen molar-refractivity contribution in [2.75, 3.05) is 12.3 Å². The molecule has 3 aromatic heterocycles. The van der Waals surface area contributed by atoms with Crippen LogP contribution in [-0.2, 0) is 29.6 Å². The molecule has 5 aromatic rings. The third-order valence-electron chi connectivity index (χ3n) is 7.30. The number of hydrogen-bond acceptors (Lipinski definition) is 10. The fraction of sp³-hybridized carbons (Fsp3) is 0.267. The molecule has 2 aromatic carbocycles. The number of rotatable bonds is 9. The van der Waals surface area contributed by atoms with Crippen molar-refractivity contribution < 1.29 is 24.1 Å². The van der Waals surface area contributed by atoms with Gasteiger partial charge in [0.2, 0.25) is 5.95 Å². The number of nitrogens with two attached hydrogens (primary N) is 1. The molecular formula is C30H28FN7O5. The van der Waals surface area contributed by atoms with E-state index in [-0.39, 0.29) is 28.4 Å². The highest BCUT2D eigenvalue weighted by molar-refractivity contribution is 5.84. The number of hydrogen-bond donors (Lipinski definition) is 3. The number of carbonyl (C=O) groups is 1. The average Bonchev–Trinajstić information content (AvgIpc) is 3.76. The Labute approximate surface area is 244 Å². The molecule has 1 saturated carbocycles. The number of nitrogens with zero attached hydrogens (tertiary/aromatic N) is 6. The van der Waals surface area contributed by atoms with Crippen LogP contribution in [0.3, 0.4) is 0 Å². The highest BCUT2D eigenvalue weighted by Gasteiger charge is 2.26. The van der Waals surface area contributed by atoms with E-state index >= 15 is 4.39 Å². The SMILES string of the molecule is Cn1cc(Cc2nc(N)nc(-c3cccc(-n4ccc5cc(C6CC6)cc(F)c5c4=O)c3COC(=O)[C@@H](O)CO)n2)cn1. The van der Waals surface area contributed by atoms with Crippen LogP contribution in [0.5, 0.6) is 0 Å². The molecule has 0 bridgehead atoms. The predicted molar refractivity (Wildman–Crippen MR) is 154 cm³/mol. The number of benzene rings is 2. The largest absolute Gasteiger partial charge is 0.459 e. The predicted octanol–water partition coefficient (Wildman–Crippen LogP) is 2.16. The number of fused-ring (bicyclic) bond motifs is 1. The Morgan fingerprint density at radius 1 is 1.21 bits per heavy atom. The number of anilines is 1. The molecule has 0 unspecified atom stereocenters. The molecule has 0 saturated heterocycles. The van der Waals surface area contributed by atoms with Crippen LogP contribution in [0.4, 0.5) is 10.3 Å². The normalized spacial score (nSPS) is 13.8. The summed E-state index contributed by atoms with van der Waals surface area (Å²) in [5, 5.41) is 23.5. The summed E-state index contributed by atoms with van der Waals surface area (Å²) in [6, 6.07) is 9.85. The molecule has 220 valence electrons. The van der Waals surface area contributed by atoms with Crippen LogP contribution in [0.1, 0.15) is 41.3 Å². The van der Waals surface area contributed by atoms with Crippen LogP contribution >= 0.6 is 0 Å². The second-order valence-corrected chi connectivity index (χ2v) is 10.5. The van der Waals surface area contributed by atoms with E-state index < -0.39 is 36.7 Å². The van der Waals surface area contributed by atoms with Gasteiger partial charge in [-0.2, -0.15) is 15.1 Å². The van der Waals surface area contributed by atoms with Crippen molar-refractivity contribution in [3.63, 3.8) is 0 Å². The molecule has 6 rings (SSSR count). The molecule has 12 nitrogen and oxygen atoms in total. The van der Waals surface area contributed by atoms with Crippen LogP contribution in [-0.4, -0.2) is 58.2 Å². The lowest BCUT2D eigenvalue weighted by Crippen LogP contribution is -2.27. The Morgan fingerprint density at radius 2 is 2.02 bits per heavy atom. The first kappa shape index (κ1) is 28.1. The van der Waals surface area contributed by atoms with Crippen molar-refractivity contribution in [3.05, 3.63) is 93.7 Å². The number of nitrogen functional groups attached to an aromatic ring is 1. The first-order chi connectivity index (χ1) is 20.7. The summed E-state index contributed by atoms with van der Waals surface area (Å²) >= 11 is 0. The molecule has 1 aliphatic carbocycles. The van der Waals surface area contributed by atoms with Gasteiger partial charge in [-0.05, 0) is 53.5 Å². The monoisotopic (exact) mass is 585 g/mol. The van der Waals surface area contributed by atoms with Gasteiger partial charge in [0.25, 0.3) is 5.56 Å². The third-order valence-corrected chi connectivity index (χ3v) is 7.30. The second kappa shape index (κ2) is 11.3. The molecule has 1 fully saturated rings. The molecule has 43 heavy (non-hydrogen) atoms. The number of aromatic nitrogens is 6. The zero-order valence-electron chi connectivity index (χ0n) is 23.1. The summed E-state index contributed by atoms with van der Waals surface area (Å²) in [6.07, 6.45) is 5.57. The topological polar surface area (TPSA) is 171 Å². The van der Waals surface area contributed by atoms with Gasteiger partial charge in [0, 0.05) is 37.0 Å². The minimum absolute atomic E-state index is 0.0515. The van der Waals surface area contributed by atoms with Crippen molar-refractivity contribution in [1.82, 2.24) is 29.3 Å². The number of esters is 1. The Bertz CT molecular complexity index is 1920. The van der Waals surface area contributed by atoms with Gasteiger partial charge in [0.1, 0.15) is 18.2 Å². The van der Waals surface area contributed by atoms with Crippen LogP contribution < -0.4 is 11.3 Å². The number of halogens is 1. The van der Waals surface area contributed by atoms with E-state index in [1.54, 1.807) is 42.2 Å². The smallest absolute Gasteiger partial charge is 0.337 e. The first-order valence-corrected chi connectivity index (χ1v) is 13.6. The minimum atomic E-state index is -1.76. The standard InChI is InChI=1S/C30H28FN7O5/c1-37-13-16(12-33-37)9-25-34-27(36-30(32)35-25)20-3-2-4-23(21(20)15-43-29(42)24(40)14-39)38-8-7-18-10-19(17-5-6-17)11-22(31)26(18)28(38)41/h2-4,7-8,10-13,17,24,39-40H,5-6,9,14-15H2,1H3,(H2,32,34,35,36)/t24-/m0/s1. The van der Waals surface area contributed by atoms with Crippen molar-refractivity contribution in [2.24, 2.45) is 7.05 Å². The molecule has 0 amide bonds. The van der Waals surface area contributed by atoms with Gasteiger partial charge in [-0.3, -0.25) is 14.0 Å². The van der Waals surface area contributed by atoms with Gasteiger partial charge in [0.05, 0.1) is 23.9 Å². The molecule has 0 aliphatic heterocycles. The quantitative estimate of drug-likeness (QED) is 0.218. The summed E-state index contributed by atoms with van der Waals surface area (Å²) < 4.78 is 23.5. The van der Waals surface area contributed by atoms with Gasteiger partial charge in [-0.1, -0.05) is 18.2 Å². The summed E-state index contributed by atoms with van der Waals surface area (Å²) in [5.41, 5.74) is 8.08. The lowest BCUT2D eigenvalue weighted by molar-refractivity contribution is -0.156. The highest BCUT2D eigenvalue weighted by Crippen LogP contribution is 2.41. The van der Waals surface area contributed by atoms with Crippen molar-refractivity contribution in [2.45, 2.75) is 37.9 Å². The highest BCUT2D eigenvalue weighted by atomic mass is 19.1. The van der Waals surface area contributed by atoms with Gasteiger partial charge in [-0.25, -0.2) is 14.2 Å². The van der Waals surface area contributed by atoms with Crippen LogP contribution in [0.25, 0.3) is 27.8 Å². The van der Waals surface area contributed by atoms with Crippen molar-refractivity contribution in [3.8, 4) is 17.1 Å². The zero-order chi connectivity index (χ0) is 30.2. The maximum atomic E-state index is 15.3. The van der Waals surface area contributed by atoms with E-state index in [1.807, 2.05) is 12.3 Å². The number of aryl methyl sites for hydroxylation is 1. The fourth-order valence-electron chi connectivity index (χ4n) is 5.05. The minimum Gasteiger partial charge on any atom is -0.459 e. The second-order valence-electron chi connectivity index (χ2n) is 10.5. The van der Waals surface area contributed by atoms with Crippen LogP contribution in [0.2, 0.25) is 0 Å². The molecule has 4 N–H and O–H groups in total. The van der Waals surface area contributed by atoms with E-state index in [0.717, 1.165) is 24.0 Å². The lowest BCUT2D eigenvalue weighted by atomic mass is 10.0.